The summed E-state index contributed by atoms with van der Waals surface area (Å²) in [6, 6.07) is 4.12. The summed E-state index contributed by atoms with van der Waals surface area (Å²) in [7, 11) is 0. The third-order valence-corrected chi connectivity index (χ3v) is 4.39. The number of nitrogens with one attached hydrogen (secondary N) is 1. The SMILES string of the molecule is CCCOc1cncc(C(NN)c2cc(C)c(C)s2)c1. The van der Waals surface area contributed by atoms with Gasteiger partial charge >= 0.3 is 0 Å². The molecule has 0 spiro atoms. The fourth-order valence-electron chi connectivity index (χ4n) is 1.98. The quantitative estimate of drug-likeness (QED) is 0.634. The van der Waals surface area contributed by atoms with E-state index >= 15 is 0 Å². The van der Waals surface area contributed by atoms with Crippen molar-refractivity contribution in [3.63, 3.8) is 0 Å². The molecule has 2 aromatic rings. The molecule has 1 unspecified atom stereocenters. The van der Waals surface area contributed by atoms with Gasteiger partial charge in [-0.1, -0.05) is 6.92 Å². The Morgan fingerprint density at radius 3 is 2.75 bits per heavy atom. The van der Waals surface area contributed by atoms with Gasteiger partial charge in [-0.15, -0.1) is 11.3 Å². The Kier molecular flexibility index (Phi) is 5.11. The fraction of sp³-hybridized carbons (Fsp3) is 0.400. The minimum atomic E-state index is -0.0509. The number of nitrogens with two attached hydrogens (primary N) is 1. The first-order valence-electron chi connectivity index (χ1n) is 6.76. The lowest BCUT2D eigenvalue weighted by Crippen LogP contribution is -2.28. The number of aryl methyl sites for hydroxylation is 2. The number of aromatic nitrogens is 1. The van der Waals surface area contributed by atoms with Gasteiger partial charge in [-0.3, -0.25) is 10.8 Å². The number of thiophene rings is 1. The van der Waals surface area contributed by atoms with Gasteiger partial charge in [0.1, 0.15) is 5.75 Å². The van der Waals surface area contributed by atoms with Crippen molar-refractivity contribution in [2.24, 2.45) is 5.84 Å². The van der Waals surface area contributed by atoms with E-state index in [9.17, 15) is 0 Å². The van der Waals surface area contributed by atoms with Crippen LogP contribution in [0, 0.1) is 13.8 Å². The van der Waals surface area contributed by atoms with Crippen LogP contribution in [-0.2, 0) is 0 Å². The minimum Gasteiger partial charge on any atom is -0.492 e. The second-order valence-corrected chi connectivity index (χ2v) is 6.08. The van der Waals surface area contributed by atoms with Crippen LogP contribution in [0.5, 0.6) is 5.75 Å². The number of ether oxygens (including phenoxy) is 1. The average Bonchev–Trinajstić information content (AvgIpc) is 2.77. The number of pyridine rings is 1. The van der Waals surface area contributed by atoms with E-state index in [1.54, 1.807) is 17.5 Å². The summed E-state index contributed by atoms with van der Waals surface area (Å²) < 4.78 is 5.63. The molecule has 0 aromatic carbocycles. The van der Waals surface area contributed by atoms with Gasteiger partial charge in [-0.2, -0.15) is 0 Å². The summed E-state index contributed by atoms with van der Waals surface area (Å²) in [4.78, 5) is 6.75. The number of hydrogen-bond donors (Lipinski definition) is 2. The zero-order valence-electron chi connectivity index (χ0n) is 12.1. The van der Waals surface area contributed by atoms with Gasteiger partial charge in [0.15, 0.2) is 0 Å². The molecule has 4 nitrogen and oxygen atoms in total. The highest BCUT2D eigenvalue weighted by Gasteiger charge is 2.16. The molecule has 0 saturated heterocycles. The molecule has 0 aliphatic heterocycles. The smallest absolute Gasteiger partial charge is 0.137 e. The highest BCUT2D eigenvalue weighted by Crippen LogP contribution is 2.31. The molecule has 0 amide bonds. The van der Waals surface area contributed by atoms with Gasteiger partial charge in [0.25, 0.3) is 0 Å². The average molecular weight is 291 g/mol. The van der Waals surface area contributed by atoms with Crippen LogP contribution in [0.4, 0.5) is 0 Å². The first kappa shape index (κ1) is 15.0. The molecule has 20 heavy (non-hydrogen) atoms. The molecule has 0 radical (unpaired) electrons. The van der Waals surface area contributed by atoms with E-state index < -0.39 is 0 Å². The van der Waals surface area contributed by atoms with Gasteiger partial charge in [-0.25, -0.2) is 5.43 Å². The zero-order valence-corrected chi connectivity index (χ0v) is 13.0. The van der Waals surface area contributed by atoms with Gasteiger partial charge in [0, 0.05) is 16.0 Å². The molecular weight excluding hydrogens is 270 g/mol. The molecule has 2 heterocycles. The van der Waals surface area contributed by atoms with Crippen molar-refractivity contribution in [1.29, 1.82) is 0 Å². The van der Waals surface area contributed by atoms with Crippen LogP contribution < -0.4 is 16.0 Å². The Morgan fingerprint density at radius 1 is 1.35 bits per heavy atom. The molecule has 3 N–H and O–H groups in total. The van der Waals surface area contributed by atoms with E-state index in [4.69, 9.17) is 10.6 Å². The topological polar surface area (TPSA) is 60.2 Å². The van der Waals surface area contributed by atoms with Crippen molar-refractivity contribution < 1.29 is 4.74 Å². The van der Waals surface area contributed by atoms with E-state index in [-0.39, 0.29) is 6.04 Å². The molecule has 2 rings (SSSR count). The van der Waals surface area contributed by atoms with Crippen molar-refractivity contribution in [3.8, 4) is 5.75 Å². The second kappa shape index (κ2) is 6.83. The Balaban J connectivity index is 2.27. The molecule has 0 fully saturated rings. The maximum absolute atomic E-state index is 5.73. The molecule has 0 aliphatic carbocycles. The number of hydrazine groups is 1. The van der Waals surface area contributed by atoms with Gasteiger partial charge in [0.2, 0.25) is 0 Å². The molecule has 2 aromatic heterocycles. The lowest BCUT2D eigenvalue weighted by Gasteiger charge is -2.15. The molecule has 0 saturated carbocycles. The van der Waals surface area contributed by atoms with Crippen LogP contribution in [0.1, 0.15) is 40.3 Å². The van der Waals surface area contributed by atoms with Crippen molar-refractivity contribution in [3.05, 3.63) is 45.4 Å². The monoisotopic (exact) mass is 291 g/mol. The first-order chi connectivity index (χ1) is 9.65. The van der Waals surface area contributed by atoms with Crippen LogP contribution in [0.2, 0.25) is 0 Å². The standard InChI is InChI=1S/C15H21N3OS/c1-4-5-19-13-7-12(8-17-9-13)15(18-16)14-6-10(2)11(3)20-14/h6-9,15,18H,4-5,16H2,1-3H3. The molecule has 5 heteroatoms. The maximum atomic E-state index is 5.73. The van der Waals surface area contributed by atoms with Crippen LogP contribution in [0.15, 0.2) is 24.5 Å². The van der Waals surface area contributed by atoms with Crippen LogP contribution in [0.3, 0.4) is 0 Å². The molecule has 108 valence electrons. The molecule has 1 atom stereocenters. The Labute approximate surface area is 124 Å². The van der Waals surface area contributed by atoms with Gasteiger partial charge in [0.05, 0.1) is 18.8 Å². The Bertz CT molecular complexity index is 548. The second-order valence-electron chi connectivity index (χ2n) is 4.79. The number of nitrogens with zero attached hydrogens (tertiary/aromatic N) is 1. The highest BCUT2D eigenvalue weighted by atomic mass is 32.1. The van der Waals surface area contributed by atoms with Crippen molar-refractivity contribution >= 4 is 11.3 Å². The van der Waals surface area contributed by atoms with E-state index in [2.05, 4.69) is 37.2 Å². The highest BCUT2D eigenvalue weighted by molar-refractivity contribution is 7.12. The van der Waals surface area contributed by atoms with E-state index in [0.29, 0.717) is 6.61 Å². The van der Waals surface area contributed by atoms with Gasteiger partial charge in [-0.05, 0) is 43.5 Å². The fourth-order valence-corrected chi connectivity index (χ4v) is 3.11. The lowest BCUT2D eigenvalue weighted by molar-refractivity contribution is 0.315. The van der Waals surface area contributed by atoms with Crippen LogP contribution in [0.25, 0.3) is 0 Å². The molecule has 0 aliphatic rings. The van der Waals surface area contributed by atoms with Gasteiger partial charge < -0.3 is 4.74 Å². The van der Waals surface area contributed by atoms with Crippen LogP contribution in [-0.4, -0.2) is 11.6 Å². The zero-order chi connectivity index (χ0) is 14.5. The number of hydrogen-bond acceptors (Lipinski definition) is 5. The molecular formula is C15H21N3OS. The van der Waals surface area contributed by atoms with Crippen molar-refractivity contribution in [2.75, 3.05) is 6.61 Å². The summed E-state index contributed by atoms with van der Waals surface area (Å²) in [5.74, 6) is 6.52. The minimum absolute atomic E-state index is 0.0509. The van der Waals surface area contributed by atoms with E-state index in [1.807, 2.05) is 12.3 Å². The van der Waals surface area contributed by atoms with Crippen molar-refractivity contribution in [2.45, 2.75) is 33.2 Å². The maximum Gasteiger partial charge on any atom is 0.137 e. The normalized spacial score (nSPS) is 12.4. The van der Waals surface area contributed by atoms with Crippen LogP contribution >= 0.6 is 11.3 Å². The summed E-state index contributed by atoms with van der Waals surface area (Å²) in [6.45, 7) is 7.01. The summed E-state index contributed by atoms with van der Waals surface area (Å²) in [6.07, 6.45) is 4.54. The Hall–Kier alpha value is -1.43. The molecule has 0 bridgehead atoms. The van der Waals surface area contributed by atoms with Crippen molar-refractivity contribution in [1.82, 2.24) is 10.4 Å². The summed E-state index contributed by atoms with van der Waals surface area (Å²) in [5.41, 5.74) is 5.18. The Morgan fingerprint density at radius 2 is 2.15 bits per heavy atom. The largest absolute Gasteiger partial charge is 0.492 e. The third-order valence-electron chi connectivity index (χ3n) is 3.18. The summed E-state index contributed by atoms with van der Waals surface area (Å²) >= 11 is 1.75. The van der Waals surface area contributed by atoms with E-state index in [0.717, 1.165) is 17.7 Å². The predicted molar refractivity (Wildman–Crippen MR) is 83.0 cm³/mol. The first-order valence-corrected chi connectivity index (χ1v) is 7.58. The lowest BCUT2D eigenvalue weighted by atomic mass is 10.1. The number of rotatable bonds is 6. The third kappa shape index (κ3) is 3.36. The predicted octanol–water partition coefficient (Wildman–Crippen LogP) is 3.10. The van der Waals surface area contributed by atoms with E-state index in [1.165, 1.54) is 15.3 Å². The summed E-state index contributed by atoms with van der Waals surface area (Å²) in [5, 5.41) is 0.